The Kier molecular flexibility index (Phi) is 7.76. The van der Waals surface area contributed by atoms with Crippen molar-refractivity contribution >= 4 is 46.0 Å². The Morgan fingerprint density at radius 3 is 2.59 bits per heavy atom. The fourth-order valence-electron chi connectivity index (χ4n) is 4.46. The summed E-state index contributed by atoms with van der Waals surface area (Å²) in [4.78, 5) is 32.1. The first-order valence-corrected chi connectivity index (χ1v) is 14.0. The van der Waals surface area contributed by atoms with Crippen LogP contribution in [0.3, 0.4) is 0 Å². The molecular weight excluding hydrogens is 631 g/mol. The van der Waals surface area contributed by atoms with E-state index in [1.165, 1.54) is 23.0 Å². The summed E-state index contributed by atoms with van der Waals surface area (Å²) in [7, 11) is 3.09. The number of ether oxygens (including phenoxy) is 3. The Morgan fingerprint density at radius 2 is 1.90 bits per heavy atom. The molecule has 0 fully saturated rings. The molecule has 0 saturated carbocycles. The summed E-state index contributed by atoms with van der Waals surface area (Å²) in [5.74, 6) is 1.76. The second-order valence-electron chi connectivity index (χ2n) is 8.62. The Morgan fingerprint density at radius 1 is 1.13 bits per heavy atom. The predicted octanol–water partition coefficient (Wildman–Crippen LogP) is 4.68. The second kappa shape index (κ2) is 11.2. The molecule has 39 heavy (non-hydrogen) atoms. The lowest BCUT2D eigenvalue weighted by molar-refractivity contribution is -0.139. The van der Waals surface area contributed by atoms with Crippen molar-refractivity contribution in [1.29, 1.82) is 0 Å². The topological polar surface area (TPSA) is 92.3 Å². The average Bonchev–Trinajstić information content (AvgIpc) is 3.52. The molecule has 3 heterocycles. The van der Waals surface area contributed by atoms with Crippen molar-refractivity contribution in [2.75, 3.05) is 20.8 Å². The number of hydrogen-bond donors (Lipinski definition) is 0. The lowest BCUT2D eigenvalue weighted by atomic mass is 9.95. The summed E-state index contributed by atoms with van der Waals surface area (Å²) in [5, 5.41) is 0. The monoisotopic (exact) mass is 656 g/mol. The molecule has 2 aromatic carbocycles. The average molecular weight is 656 g/mol. The van der Waals surface area contributed by atoms with E-state index in [0.717, 1.165) is 9.13 Å². The van der Waals surface area contributed by atoms with Crippen molar-refractivity contribution in [2.24, 2.45) is 4.99 Å². The van der Waals surface area contributed by atoms with Crippen molar-refractivity contribution in [3.63, 3.8) is 0 Å². The van der Waals surface area contributed by atoms with Gasteiger partial charge in [-0.2, -0.15) is 0 Å². The van der Waals surface area contributed by atoms with Gasteiger partial charge in [-0.1, -0.05) is 23.5 Å². The molecule has 0 N–H and O–H groups in total. The van der Waals surface area contributed by atoms with Gasteiger partial charge in [0.1, 0.15) is 29.1 Å². The fraction of sp³-hybridized carbons (Fsp3) is 0.207. The molecule has 200 valence electrons. The maximum Gasteiger partial charge on any atom is 0.338 e. The number of fused-ring (bicyclic) bond motifs is 1. The molecule has 10 heteroatoms. The van der Waals surface area contributed by atoms with Gasteiger partial charge in [0.2, 0.25) is 0 Å². The van der Waals surface area contributed by atoms with Gasteiger partial charge >= 0.3 is 5.97 Å². The van der Waals surface area contributed by atoms with Gasteiger partial charge in [0, 0.05) is 26.8 Å². The molecular formula is C29H25IN2O6S. The number of methoxy groups -OCH3 is 2. The summed E-state index contributed by atoms with van der Waals surface area (Å²) in [6.45, 7) is 3.67. The molecule has 4 aromatic rings. The SMILES string of the molecule is CCOC(=O)C1=C(C)N=c2s/c(=C\c3ccc(-c4ccc(I)cc4)o3)c(=O)n2[C@@H]1c1ccc(OC)cc1OC. The summed E-state index contributed by atoms with van der Waals surface area (Å²) in [6, 6.07) is 16.2. The maximum atomic E-state index is 13.9. The van der Waals surface area contributed by atoms with Crippen molar-refractivity contribution in [3.8, 4) is 22.8 Å². The summed E-state index contributed by atoms with van der Waals surface area (Å²) in [5.41, 5.74) is 2.00. The Balaban J connectivity index is 1.67. The number of rotatable bonds is 7. The molecule has 0 amide bonds. The molecule has 0 bridgehead atoms. The van der Waals surface area contributed by atoms with Crippen LogP contribution < -0.4 is 24.4 Å². The number of hydrogen-bond acceptors (Lipinski definition) is 8. The molecule has 5 rings (SSSR count). The van der Waals surface area contributed by atoms with E-state index in [2.05, 4.69) is 27.6 Å². The zero-order chi connectivity index (χ0) is 27.7. The lowest BCUT2D eigenvalue weighted by Gasteiger charge is -2.26. The van der Waals surface area contributed by atoms with Crippen molar-refractivity contribution in [3.05, 3.63) is 100 Å². The van der Waals surface area contributed by atoms with Crippen LogP contribution in [0.4, 0.5) is 0 Å². The smallest absolute Gasteiger partial charge is 0.338 e. The molecule has 0 spiro atoms. The van der Waals surface area contributed by atoms with E-state index in [0.29, 0.717) is 43.6 Å². The molecule has 2 aromatic heterocycles. The molecule has 1 aliphatic rings. The van der Waals surface area contributed by atoms with Gasteiger partial charge in [0.25, 0.3) is 5.56 Å². The van der Waals surface area contributed by atoms with Gasteiger partial charge < -0.3 is 18.6 Å². The largest absolute Gasteiger partial charge is 0.497 e. The highest BCUT2D eigenvalue weighted by Crippen LogP contribution is 2.37. The predicted molar refractivity (Wildman–Crippen MR) is 157 cm³/mol. The number of halogens is 1. The molecule has 0 radical (unpaired) electrons. The van der Waals surface area contributed by atoms with E-state index in [9.17, 15) is 9.59 Å². The van der Waals surface area contributed by atoms with Crippen LogP contribution in [0.15, 0.2) is 80.1 Å². The van der Waals surface area contributed by atoms with Crippen LogP contribution in [0, 0.1) is 3.57 Å². The minimum absolute atomic E-state index is 0.188. The normalized spacial score (nSPS) is 15.1. The van der Waals surface area contributed by atoms with E-state index >= 15 is 0 Å². The van der Waals surface area contributed by atoms with E-state index in [4.69, 9.17) is 18.6 Å². The number of aromatic nitrogens is 1. The third-order valence-corrected chi connectivity index (χ3v) is 7.98. The maximum absolute atomic E-state index is 13.9. The Hall–Kier alpha value is -3.64. The first-order valence-electron chi connectivity index (χ1n) is 12.1. The quantitative estimate of drug-likeness (QED) is 0.212. The van der Waals surface area contributed by atoms with Crippen molar-refractivity contribution < 1.29 is 23.4 Å². The minimum atomic E-state index is -0.803. The van der Waals surface area contributed by atoms with Gasteiger partial charge in [0.05, 0.1) is 36.6 Å². The summed E-state index contributed by atoms with van der Waals surface area (Å²) >= 11 is 3.48. The number of nitrogens with zero attached hydrogens (tertiary/aromatic N) is 2. The fourth-order valence-corrected chi connectivity index (χ4v) is 5.85. The number of thiazole rings is 1. The van der Waals surface area contributed by atoms with E-state index < -0.39 is 12.0 Å². The lowest BCUT2D eigenvalue weighted by Crippen LogP contribution is -2.40. The van der Waals surface area contributed by atoms with Crippen LogP contribution in [-0.2, 0) is 9.53 Å². The van der Waals surface area contributed by atoms with Crippen molar-refractivity contribution in [2.45, 2.75) is 19.9 Å². The number of allylic oxidation sites excluding steroid dienone is 1. The number of esters is 1. The number of furan rings is 1. The highest BCUT2D eigenvalue weighted by molar-refractivity contribution is 14.1. The molecule has 0 unspecified atom stereocenters. The Bertz CT molecular complexity index is 1760. The van der Waals surface area contributed by atoms with E-state index in [1.807, 2.05) is 36.4 Å². The summed E-state index contributed by atoms with van der Waals surface area (Å²) in [6.07, 6.45) is 1.70. The third kappa shape index (κ3) is 5.18. The van der Waals surface area contributed by atoms with Crippen LogP contribution in [0.2, 0.25) is 0 Å². The Labute approximate surface area is 242 Å². The van der Waals surface area contributed by atoms with E-state index in [-0.39, 0.29) is 17.7 Å². The van der Waals surface area contributed by atoms with Gasteiger partial charge in [-0.25, -0.2) is 9.79 Å². The molecule has 1 aliphatic heterocycles. The van der Waals surface area contributed by atoms with Gasteiger partial charge in [-0.3, -0.25) is 9.36 Å². The van der Waals surface area contributed by atoms with Crippen LogP contribution in [0.1, 0.15) is 31.2 Å². The molecule has 0 aliphatic carbocycles. The number of carbonyl (C=O) groups excluding carboxylic acids is 1. The number of carbonyl (C=O) groups is 1. The number of benzene rings is 2. The zero-order valence-corrected chi connectivity index (χ0v) is 24.7. The highest BCUT2D eigenvalue weighted by Gasteiger charge is 2.35. The van der Waals surface area contributed by atoms with Gasteiger partial charge in [-0.05, 0) is 72.8 Å². The van der Waals surface area contributed by atoms with Gasteiger partial charge in [-0.15, -0.1) is 0 Å². The van der Waals surface area contributed by atoms with Gasteiger partial charge in [0.15, 0.2) is 4.80 Å². The second-order valence-corrected chi connectivity index (χ2v) is 10.9. The molecule has 1 atom stereocenters. The first kappa shape index (κ1) is 26.9. The minimum Gasteiger partial charge on any atom is -0.497 e. The van der Waals surface area contributed by atoms with Crippen LogP contribution >= 0.6 is 33.9 Å². The standard InChI is InChI=1S/C29H25IN2O6S/c1-5-37-28(34)25-16(2)31-29-32(26(25)21-12-10-19(35-3)14-23(21)36-4)27(33)24(39-29)15-20-11-13-22(38-20)17-6-8-18(30)9-7-17/h6-15,26H,5H2,1-4H3/b24-15-/t26-/m1/s1. The zero-order valence-electron chi connectivity index (χ0n) is 21.7. The summed E-state index contributed by atoms with van der Waals surface area (Å²) < 4.78 is 25.5. The molecule has 8 nitrogen and oxygen atoms in total. The van der Waals surface area contributed by atoms with Crippen molar-refractivity contribution in [1.82, 2.24) is 4.57 Å². The van der Waals surface area contributed by atoms with E-state index in [1.54, 1.807) is 45.2 Å². The highest BCUT2D eigenvalue weighted by atomic mass is 127. The molecule has 0 saturated heterocycles. The first-order chi connectivity index (χ1) is 18.8. The van der Waals surface area contributed by atoms with Crippen LogP contribution in [0.5, 0.6) is 11.5 Å². The van der Waals surface area contributed by atoms with Crippen LogP contribution in [0.25, 0.3) is 17.4 Å². The third-order valence-electron chi connectivity index (χ3n) is 6.28. The van der Waals surface area contributed by atoms with Crippen LogP contribution in [-0.4, -0.2) is 31.4 Å².